The lowest BCUT2D eigenvalue weighted by Gasteiger charge is -2.27. The molecule has 1 heterocycles. The van der Waals surface area contributed by atoms with Crippen LogP contribution in [0.1, 0.15) is 47.0 Å². The molecule has 0 aromatic carbocycles. The van der Waals surface area contributed by atoms with Crippen LogP contribution in [0.4, 0.5) is 9.18 Å². The zero-order chi connectivity index (χ0) is 18.0. The van der Waals surface area contributed by atoms with E-state index < -0.39 is 29.4 Å². The largest absolute Gasteiger partial charge is 0.459 e. The van der Waals surface area contributed by atoms with E-state index in [0.717, 1.165) is 23.3 Å². The number of carbonyl (C=O) groups excluding carboxylic acids is 2. The number of hydrogen-bond donors (Lipinski definition) is 0. The molecule has 1 aliphatic carbocycles. The first kappa shape index (κ1) is 18.5. The van der Waals surface area contributed by atoms with Crippen LogP contribution in [0.5, 0.6) is 0 Å². The van der Waals surface area contributed by atoms with Crippen LogP contribution in [-0.2, 0) is 14.3 Å². The van der Waals surface area contributed by atoms with Crippen molar-refractivity contribution in [1.29, 1.82) is 0 Å². The number of likely N-dealkylation sites (tertiary alicyclic amines) is 1. The summed E-state index contributed by atoms with van der Waals surface area (Å²) in [6, 6.07) is -0.956. The lowest BCUT2D eigenvalue weighted by Crippen LogP contribution is -2.44. The normalized spacial score (nSPS) is 27.0. The van der Waals surface area contributed by atoms with E-state index in [4.69, 9.17) is 9.47 Å². The fourth-order valence-corrected chi connectivity index (χ4v) is 2.79. The molecule has 2 rings (SSSR count). The molecule has 0 spiro atoms. The molecule has 134 valence electrons. The van der Waals surface area contributed by atoms with Gasteiger partial charge in [-0.05, 0) is 46.1 Å². The van der Waals surface area contributed by atoms with Crippen LogP contribution in [0.2, 0.25) is 0 Å². The predicted molar refractivity (Wildman–Crippen MR) is 88.3 cm³/mol. The molecule has 1 aliphatic heterocycles. The molecule has 1 amide bonds. The average Bonchev–Trinajstić information content (AvgIpc) is 2.80. The highest BCUT2D eigenvalue weighted by Gasteiger charge is 2.48. The average molecular weight is 339 g/mol. The van der Waals surface area contributed by atoms with Crippen molar-refractivity contribution < 1.29 is 23.5 Å². The molecule has 2 unspecified atom stereocenters. The third-order valence-electron chi connectivity index (χ3n) is 3.85. The van der Waals surface area contributed by atoms with Gasteiger partial charge in [0.1, 0.15) is 23.9 Å². The van der Waals surface area contributed by atoms with Crippen molar-refractivity contribution in [2.75, 3.05) is 13.2 Å². The Morgan fingerprint density at radius 2 is 2.08 bits per heavy atom. The number of rotatable bonds is 3. The maximum absolute atomic E-state index is 14.4. The molecular weight excluding hydrogens is 313 g/mol. The van der Waals surface area contributed by atoms with Crippen LogP contribution >= 0.6 is 0 Å². The predicted octanol–water partition coefficient (Wildman–Crippen LogP) is 3.54. The van der Waals surface area contributed by atoms with E-state index >= 15 is 0 Å². The second-order valence-corrected chi connectivity index (χ2v) is 7.61. The maximum Gasteiger partial charge on any atom is 0.411 e. The highest BCUT2D eigenvalue weighted by molar-refractivity contribution is 5.82. The summed E-state index contributed by atoms with van der Waals surface area (Å²) in [5.41, 5.74) is -1.43. The molecular formula is C18H26FNO4. The van der Waals surface area contributed by atoms with Crippen LogP contribution in [0, 0.1) is 0 Å². The minimum absolute atomic E-state index is 0.0834. The van der Waals surface area contributed by atoms with Gasteiger partial charge in [-0.3, -0.25) is 4.90 Å². The molecule has 0 N–H and O–H groups in total. The van der Waals surface area contributed by atoms with E-state index in [2.05, 4.69) is 0 Å². The van der Waals surface area contributed by atoms with E-state index in [-0.39, 0.29) is 19.6 Å². The highest BCUT2D eigenvalue weighted by atomic mass is 19.1. The van der Waals surface area contributed by atoms with Gasteiger partial charge in [0.15, 0.2) is 0 Å². The molecule has 2 aliphatic rings. The third-order valence-corrected chi connectivity index (χ3v) is 3.85. The van der Waals surface area contributed by atoms with Crippen LogP contribution in [0.25, 0.3) is 0 Å². The first-order chi connectivity index (χ1) is 11.1. The number of alkyl halides is 1. The van der Waals surface area contributed by atoms with Gasteiger partial charge >= 0.3 is 12.1 Å². The molecule has 5 nitrogen and oxygen atoms in total. The number of esters is 1. The zero-order valence-corrected chi connectivity index (χ0v) is 14.8. The summed E-state index contributed by atoms with van der Waals surface area (Å²) < 4.78 is 25.0. The number of nitrogens with zero attached hydrogens (tertiary/aromatic N) is 1. The summed E-state index contributed by atoms with van der Waals surface area (Å²) in [5.74, 6) is -0.595. The van der Waals surface area contributed by atoms with Gasteiger partial charge in [0.2, 0.25) is 0 Å². The summed E-state index contributed by atoms with van der Waals surface area (Å²) in [6.45, 7) is 6.52. The molecule has 6 heteroatoms. The number of halogens is 1. The fourth-order valence-electron chi connectivity index (χ4n) is 2.79. The molecule has 0 aromatic rings. The van der Waals surface area contributed by atoms with Crippen molar-refractivity contribution >= 4 is 12.1 Å². The second-order valence-electron chi connectivity index (χ2n) is 7.61. The topological polar surface area (TPSA) is 55.8 Å². The van der Waals surface area contributed by atoms with E-state index in [1.807, 2.05) is 18.2 Å². The highest BCUT2D eigenvalue weighted by Crippen LogP contribution is 2.32. The zero-order valence-electron chi connectivity index (χ0n) is 14.8. The number of allylic oxidation sites excluding steroid dienone is 2. The molecule has 1 saturated heterocycles. The van der Waals surface area contributed by atoms with Gasteiger partial charge in [0.25, 0.3) is 0 Å². The van der Waals surface area contributed by atoms with Crippen molar-refractivity contribution in [3.8, 4) is 0 Å². The first-order valence-corrected chi connectivity index (χ1v) is 8.28. The molecule has 0 aromatic heterocycles. The van der Waals surface area contributed by atoms with Crippen LogP contribution in [-0.4, -0.2) is 47.4 Å². The summed E-state index contributed by atoms with van der Waals surface area (Å²) in [6.07, 6.45) is 7.06. The van der Waals surface area contributed by atoms with Gasteiger partial charge in [-0.2, -0.15) is 0 Å². The van der Waals surface area contributed by atoms with E-state index in [9.17, 15) is 14.0 Å². The van der Waals surface area contributed by atoms with Crippen molar-refractivity contribution in [1.82, 2.24) is 4.90 Å². The smallest absolute Gasteiger partial charge is 0.411 e. The van der Waals surface area contributed by atoms with E-state index in [1.54, 1.807) is 20.8 Å². The monoisotopic (exact) mass is 339 g/mol. The Labute approximate surface area is 142 Å². The van der Waals surface area contributed by atoms with Crippen LogP contribution < -0.4 is 0 Å². The summed E-state index contributed by atoms with van der Waals surface area (Å²) in [5, 5.41) is 0. The summed E-state index contributed by atoms with van der Waals surface area (Å²) in [4.78, 5) is 25.8. The Balaban J connectivity index is 2.01. The lowest BCUT2D eigenvalue weighted by molar-refractivity contribution is -0.147. The number of carbonyl (C=O) groups is 2. The minimum Gasteiger partial charge on any atom is -0.459 e. The van der Waals surface area contributed by atoms with Crippen molar-refractivity contribution in [3.05, 3.63) is 23.8 Å². The molecule has 0 bridgehead atoms. The molecule has 0 radical (unpaired) electrons. The number of hydrogen-bond acceptors (Lipinski definition) is 4. The number of amides is 1. The molecule has 1 fully saturated rings. The quantitative estimate of drug-likeness (QED) is 0.738. The van der Waals surface area contributed by atoms with Gasteiger partial charge in [-0.25, -0.2) is 14.0 Å². The Bertz CT molecular complexity index is 560. The van der Waals surface area contributed by atoms with E-state index in [0.29, 0.717) is 0 Å². The van der Waals surface area contributed by atoms with Gasteiger partial charge in [0.05, 0.1) is 6.54 Å². The standard InChI is InChI=1S/C18H26FNO4/c1-17(2,3)24-16(22)20-12-18(4,19)10-14(20)15(21)23-11-13-8-6-5-7-9-13/h6,8-9,14H,5,7,10-12H2,1-4H3. The van der Waals surface area contributed by atoms with Crippen molar-refractivity contribution in [2.24, 2.45) is 0 Å². The van der Waals surface area contributed by atoms with Crippen LogP contribution in [0.15, 0.2) is 23.8 Å². The SMILES string of the molecule is CC1(F)CC(C(=O)OCC2=CCCC=C2)N(C(=O)OC(C)(C)C)C1. The Kier molecular flexibility index (Phi) is 5.35. The maximum atomic E-state index is 14.4. The molecule has 0 saturated carbocycles. The summed E-state index contributed by atoms with van der Waals surface area (Å²) >= 11 is 0. The summed E-state index contributed by atoms with van der Waals surface area (Å²) in [7, 11) is 0. The van der Waals surface area contributed by atoms with Gasteiger partial charge in [-0.15, -0.1) is 0 Å². The van der Waals surface area contributed by atoms with Crippen molar-refractivity contribution in [3.63, 3.8) is 0 Å². The molecule has 24 heavy (non-hydrogen) atoms. The lowest BCUT2D eigenvalue weighted by atomic mass is 10.1. The Hall–Kier alpha value is -1.85. The Morgan fingerprint density at radius 1 is 1.38 bits per heavy atom. The van der Waals surface area contributed by atoms with Gasteiger partial charge < -0.3 is 9.47 Å². The fraction of sp³-hybridized carbons (Fsp3) is 0.667. The molecule has 2 atom stereocenters. The van der Waals surface area contributed by atoms with E-state index in [1.165, 1.54) is 6.92 Å². The second kappa shape index (κ2) is 6.95. The third kappa shape index (κ3) is 5.08. The first-order valence-electron chi connectivity index (χ1n) is 8.28. The van der Waals surface area contributed by atoms with Crippen LogP contribution in [0.3, 0.4) is 0 Å². The Morgan fingerprint density at radius 3 is 2.67 bits per heavy atom. The van der Waals surface area contributed by atoms with Gasteiger partial charge in [-0.1, -0.05) is 18.2 Å². The van der Waals surface area contributed by atoms with Gasteiger partial charge in [0, 0.05) is 6.42 Å². The van der Waals surface area contributed by atoms with Crippen molar-refractivity contribution in [2.45, 2.75) is 64.3 Å². The number of ether oxygens (including phenoxy) is 2. The minimum atomic E-state index is -1.63.